The highest BCUT2D eigenvalue weighted by Crippen LogP contribution is 2.27. The second-order valence-electron chi connectivity index (χ2n) is 10.4. The number of nitrogens with one attached hydrogen (secondary N) is 1. The minimum absolute atomic E-state index is 0.00463. The maximum absolute atomic E-state index is 14.0. The van der Waals surface area contributed by atoms with Crippen molar-refractivity contribution in [2.45, 2.75) is 52.1 Å². The number of nitrogens with zero attached hydrogens (tertiary/aromatic N) is 2. The second-order valence-corrected chi connectivity index (χ2v) is 12.7. The van der Waals surface area contributed by atoms with E-state index in [1.165, 1.54) is 29.2 Å². The van der Waals surface area contributed by atoms with Crippen LogP contribution in [0.15, 0.2) is 71.6 Å². The van der Waals surface area contributed by atoms with E-state index < -0.39 is 28.5 Å². The summed E-state index contributed by atoms with van der Waals surface area (Å²) in [5.41, 5.74) is 2.94. The third-order valence-electron chi connectivity index (χ3n) is 6.80. The number of hydrogen-bond donors (Lipinski definition) is 1. The van der Waals surface area contributed by atoms with Crippen LogP contribution in [0, 0.1) is 19.8 Å². The van der Waals surface area contributed by atoms with Gasteiger partial charge in [-0.3, -0.25) is 13.9 Å². The van der Waals surface area contributed by atoms with Crippen LogP contribution in [0.3, 0.4) is 0 Å². The van der Waals surface area contributed by atoms with E-state index in [0.29, 0.717) is 23.0 Å². The van der Waals surface area contributed by atoms with E-state index in [0.717, 1.165) is 21.0 Å². The normalized spacial score (nSPS) is 12.1. The van der Waals surface area contributed by atoms with Crippen LogP contribution in [-0.4, -0.2) is 51.4 Å². The Bertz CT molecular complexity index is 1480. The molecule has 1 atom stereocenters. The maximum Gasteiger partial charge on any atom is 0.264 e. The molecule has 1 unspecified atom stereocenters. The standard InChI is InChI=1S/C31H38ClN3O5S/c1-21(2)18-33-31(37)24(5)34(19-25-8-7-9-28(17-25)40-6)30(36)20-35(27-13-10-22(3)23(4)16-27)41(38,39)29-14-11-26(32)12-15-29/h7-17,21,24H,18-20H2,1-6H3,(H,33,37). The maximum atomic E-state index is 14.0. The highest BCUT2D eigenvalue weighted by atomic mass is 35.5. The van der Waals surface area contributed by atoms with Gasteiger partial charge < -0.3 is 15.0 Å². The molecule has 0 aromatic heterocycles. The highest BCUT2D eigenvalue weighted by Gasteiger charge is 2.32. The molecule has 3 rings (SSSR count). The summed E-state index contributed by atoms with van der Waals surface area (Å²) in [6.07, 6.45) is 0. The lowest BCUT2D eigenvalue weighted by Gasteiger charge is -2.32. The van der Waals surface area contributed by atoms with Crippen LogP contribution in [0.1, 0.15) is 37.5 Å². The number of sulfonamides is 1. The first-order valence-electron chi connectivity index (χ1n) is 13.4. The van der Waals surface area contributed by atoms with Gasteiger partial charge in [-0.2, -0.15) is 0 Å². The van der Waals surface area contributed by atoms with Crippen molar-refractivity contribution in [3.8, 4) is 5.75 Å². The number of methoxy groups -OCH3 is 1. The summed E-state index contributed by atoms with van der Waals surface area (Å²) in [5, 5.41) is 3.28. The molecule has 0 spiro atoms. The zero-order valence-electron chi connectivity index (χ0n) is 24.3. The van der Waals surface area contributed by atoms with Gasteiger partial charge >= 0.3 is 0 Å². The van der Waals surface area contributed by atoms with Crippen LogP contribution in [0.2, 0.25) is 5.02 Å². The number of ether oxygens (including phenoxy) is 1. The fourth-order valence-electron chi connectivity index (χ4n) is 4.15. The summed E-state index contributed by atoms with van der Waals surface area (Å²) in [6, 6.07) is 17.4. The molecule has 0 bridgehead atoms. The smallest absolute Gasteiger partial charge is 0.264 e. The molecular weight excluding hydrogens is 562 g/mol. The summed E-state index contributed by atoms with van der Waals surface area (Å²) >= 11 is 6.01. The number of halogens is 1. The SMILES string of the molecule is COc1cccc(CN(C(=O)CN(c2ccc(C)c(C)c2)S(=O)(=O)c2ccc(Cl)cc2)C(C)C(=O)NCC(C)C)c1. The molecule has 1 N–H and O–H groups in total. The van der Waals surface area contributed by atoms with E-state index in [1.54, 1.807) is 44.4 Å². The first-order chi connectivity index (χ1) is 19.3. The molecule has 0 aliphatic carbocycles. The van der Waals surface area contributed by atoms with Gasteiger partial charge in [0.1, 0.15) is 18.3 Å². The molecule has 3 aromatic rings. The van der Waals surface area contributed by atoms with E-state index in [9.17, 15) is 18.0 Å². The number of benzene rings is 3. The van der Waals surface area contributed by atoms with Crippen LogP contribution in [0.4, 0.5) is 5.69 Å². The molecule has 0 radical (unpaired) electrons. The summed E-state index contributed by atoms with van der Waals surface area (Å²) in [6.45, 7) is 9.42. The van der Waals surface area contributed by atoms with Crippen LogP contribution in [-0.2, 0) is 26.2 Å². The Morgan fingerprint density at radius 1 is 0.951 bits per heavy atom. The number of carbonyl (C=O) groups excluding carboxylic acids is 2. The predicted octanol–water partition coefficient (Wildman–Crippen LogP) is 5.35. The molecule has 10 heteroatoms. The van der Waals surface area contributed by atoms with Gasteiger partial charge in [-0.25, -0.2) is 8.42 Å². The molecule has 3 aromatic carbocycles. The fraction of sp³-hybridized carbons (Fsp3) is 0.355. The van der Waals surface area contributed by atoms with Gasteiger partial charge in [0, 0.05) is 18.1 Å². The zero-order chi connectivity index (χ0) is 30.3. The van der Waals surface area contributed by atoms with Crippen molar-refractivity contribution in [1.29, 1.82) is 0 Å². The van der Waals surface area contributed by atoms with Crippen LogP contribution >= 0.6 is 11.6 Å². The second kappa shape index (κ2) is 13.9. The number of rotatable bonds is 12. The molecule has 0 aliphatic rings. The third kappa shape index (κ3) is 8.24. The molecule has 0 fully saturated rings. The molecule has 8 nitrogen and oxygen atoms in total. The summed E-state index contributed by atoms with van der Waals surface area (Å²) in [5.74, 6) is -0.0311. The predicted molar refractivity (Wildman–Crippen MR) is 163 cm³/mol. The van der Waals surface area contributed by atoms with Gasteiger partial charge in [-0.1, -0.05) is 43.6 Å². The Morgan fingerprint density at radius 2 is 1.63 bits per heavy atom. The zero-order valence-corrected chi connectivity index (χ0v) is 25.9. The lowest BCUT2D eigenvalue weighted by molar-refractivity contribution is -0.139. The van der Waals surface area contributed by atoms with Gasteiger partial charge in [0.25, 0.3) is 10.0 Å². The molecule has 2 amide bonds. The summed E-state index contributed by atoms with van der Waals surface area (Å²) < 4.78 is 34.3. The van der Waals surface area contributed by atoms with Crippen molar-refractivity contribution in [2.24, 2.45) is 5.92 Å². The van der Waals surface area contributed by atoms with Gasteiger partial charge in [-0.05, 0) is 91.9 Å². The van der Waals surface area contributed by atoms with Crippen molar-refractivity contribution in [3.05, 3.63) is 88.4 Å². The largest absolute Gasteiger partial charge is 0.497 e. The number of anilines is 1. The highest BCUT2D eigenvalue weighted by molar-refractivity contribution is 7.92. The minimum atomic E-state index is -4.17. The van der Waals surface area contributed by atoms with Crippen LogP contribution in [0.5, 0.6) is 5.75 Å². The summed E-state index contributed by atoms with van der Waals surface area (Å²) in [7, 11) is -2.62. The molecule has 0 aliphatic heterocycles. The van der Waals surface area contributed by atoms with Crippen molar-refractivity contribution in [1.82, 2.24) is 10.2 Å². The van der Waals surface area contributed by atoms with E-state index >= 15 is 0 Å². The Kier molecular flexibility index (Phi) is 10.8. The van der Waals surface area contributed by atoms with Gasteiger partial charge in [-0.15, -0.1) is 0 Å². The van der Waals surface area contributed by atoms with Gasteiger partial charge in [0.2, 0.25) is 11.8 Å². The first-order valence-corrected chi connectivity index (χ1v) is 15.2. The molecule has 0 saturated carbocycles. The average Bonchev–Trinajstić information content (AvgIpc) is 2.94. The van der Waals surface area contributed by atoms with Crippen LogP contribution < -0.4 is 14.4 Å². The average molecular weight is 600 g/mol. The number of hydrogen-bond acceptors (Lipinski definition) is 5. The lowest BCUT2D eigenvalue weighted by atomic mass is 10.1. The van der Waals surface area contributed by atoms with Crippen molar-refractivity contribution in [2.75, 3.05) is 24.5 Å². The van der Waals surface area contributed by atoms with Gasteiger partial charge in [0.15, 0.2) is 0 Å². The molecule has 220 valence electrons. The molecule has 0 saturated heterocycles. The van der Waals surface area contributed by atoms with Gasteiger partial charge in [0.05, 0.1) is 17.7 Å². The third-order valence-corrected chi connectivity index (χ3v) is 8.84. The van der Waals surface area contributed by atoms with Crippen LogP contribution in [0.25, 0.3) is 0 Å². The Morgan fingerprint density at radius 3 is 2.24 bits per heavy atom. The minimum Gasteiger partial charge on any atom is -0.497 e. The molecule has 0 heterocycles. The van der Waals surface area contributed by atoms with E-state index in [1.807, 2.05) is 39.8 Å². The van der Waals surface area contributed by atoms with E-state index in [-0.39, 0.29) is 23.3 Å². The molecule has 41 heavy (non-hydrogen) atoms. The Labute approximate surface area is 248 Å². The van der Waals surface area contributed by atoms with Crippen molar-refractivity contribution >= 4 is 39.1 Å². The van der Waals surface area contributed by atoms with Crippen molar-refractivity contribution in [3.63, 3.8) is 0 Å². The number of aryl methyl sites for hydroxylation is 2. The number of carbonyl (C=O) groups is 2. The Balaban J connectivity index is 2.05. The number of amides is 2. The molecular formula is C31H38ClN3O5S. The fourth-order valence-corrected chi connectivity index (χ4v) is 5.68. The first kappa shape index (κ1) is 32.0. The summed E-state index contributed by atoms with van der Waals surface area (Å²) in [4.78, 5) is 28.6. The van der Waals surface area contributed by atoms with E-state index in [2.05, 4.69) is 5.32 Å². The Hall–Kier alpha value is -3.56. The lowest BCUT2D eigenvalue weighted by Crippen LogP contribution is -2.51. The quantitative estimate of drug-likeness (QED) is 0.303. The van der Waals surface area contributed by atoms with E-state index in [4.69, 9.17) is 16.3 Å². The van der Waals surface area contributed by atoms with Crippen molar-refractivity contribution < 1.29 is 22.7 Å². The topological polar surface area (TPSA) is 96.0 Å². The monoisotopic (exact) mass is 599 g/mol.